The van der Waals surface area contributed by atoms with Crippen molar-refractivity contribution in [1.82, 2.24) is 10.4 Å². The molecule has 0 aliphatic heterocycles. The van der Waals surface area contributed by atoms with Crippen LogP contribution in [-0.2, 0) is 6.18 Å². The Kier molecular flexibility index (Phi) is 4.85. The SMILES string of the molecule is O=C(NNc1cc(C(F)(F)F)nc2ccccc12)Nc1ccc(Cl)cc1. The molecule has 0 fully saturated rings. The number of alkyl halides is 3. The molecule has 2 aromatic carbocycles. The quantitative estimate of drug-likeness (QED) is 0.557. The molecule has 2 amide bonds. The fourth-order valence-electron chi connectivity index (χ4n) is 2.24. The standard InChI is InChI=1S/C17H12ClF3N4O/c18-10-5-7-11(8-6-10)22-16(26)25-24-14-9-15(17(19,20)21)23-13-4-2-1-3-12(13)14/h1-9H,(H,23,24)(H2,22,25,26). The number of amides is 2. The van der Waals surface area contributed by atoms with Gasteiger partial charge in [0, 0.05) is 16.1 Å². The van der Waals surface area contributed by atoms with E-state index in [0.29, 0.717) is 16.1 Å². The lowest BCUT2D eigenvalue weighted by atomic mass is 10.1. The summed E-state index contributed by atoms with van der Waals surface area (Å²) in [4.78, 5) is 15.5. The molecule has 3 aromatic rings. The highest BCUT2D eigenvalue weighted by Gasteiger charge is 2.33. The molecule has 0 saturated carbocycles. The number of pyridine rings is 1. The predicted molar refractivity (Wildman–Crippen MR) is 94.0 cm³/mol. The smallest absolute Gasteiger partial charge is 0.307 e. The number of nitrogens with zero attached hydrogens (tertiary/aromatic N) is 1. The molecule has 0 bridgehead atoms. The molecule has 134 valence electrons. The van der Waals surface area contributed by atoms with Crippen molar-refractivity contribution in [3.8, 4) is 0 Å². The minimum absolute atomic E-state index is 0.0779. The maximum absolute atomic E-state index is 13.0. The fourth-order valence-corrected chi connectivity index (χ4v) is 2.37. The van der Waals surface area contributed by atoms with Crippen LogP contribution in [-0.4, -0.2) is 11.0 Å². The number of benzene rings is 2. The van der Waals surface area contributed by atoms with Crippen molar-refractivity contribution >= 4 is 39.9 Å². The van der Waals surface area contributed by atoms with Crippen molar-refractivity contribution in [1.29, 1.82) is 0 Å². The lowest BCUT2D eigenvalue weighted by Crippen LogP contribution is -2.33. The lowest BCUT2D eigenvalue weighted by molar-refractivity contribution is -0.140. The fraction of sp³-hybridized carbons (Fsp3) is 0.0588. The summed E-state index contributed by atoms with van der Waals surface area (Å²) >= 11 is 5.76. The highest BCUT2D eigenvalue weighted by Crippen LogP contribution is 2.32. The molecule has 1 heterocycles. The number of hydrogen-bond donors (Lipinski definition) is 3. The maximum Gasteiger partial charge on any atom is 0.433 e. The minimum atomic E-state index is -4.61. The van der Waals surface area contributed by atoms with Gasteiger partial charge in [0.1, 0.15) is 5.69 Å². The number of para-hydroxylation sites is 1. The van der Waals surface area contributed by atoms with E-state index in [1.165, 1.54) is 6.07 Å². The maximum atomic E-state index is 13.0. The van der Waals surface area contributed by atoms with E-state index in [-0.39, 0.29) is 11.2 Å². The molecule has 0 unspecified atom stereocenters. The van der Waals surface area contributed by atoms with Gasteiger partial charge in [0.25, 0.3) is 0 Å². The molecule has 0 atom stereocenters. The second-order valence-corrected chi connectivity index (χ2v) is 5.72. The Labute approximate surface area is 151 Å². The third-order valence-electron chi connectivity index (χ3n) is 3.42. The number of urea groups is 1. The van der Waals surface area contributed by atoms with E-state index in [1.807, 2.05) is 0 Å². The van der Waals surface area contributed by atoms with Gasteiger partial charge in [0.2, 0.25) is 0 Å². The number of aromatic nitrogens is 1. The largest absolute Gasteiger partial charge is 0.433 e. The first-order chi connectivity index (χ1) is 12.3. The normalized spacial score (nSPS) is 11.2. The summed E-state index contributed by atoms with van der Waals surface area (Å²) in [7, 11) is 0. The Morgan fingerprint density at radius 1 is 1.04 bits per heavy atom. The number of hydrogen-bond acceptors (Lipinski definition) is 3. The van der Waals surface area contributed by atoms with E-state index in [2.05, 4.69) is 21.2 Å². The van der Waals surface area contributed by atoms with Crippen LogP contribution in [0.25, 0.3) is 10.9 Å². The van der Waals surface area contributed by atoms with E-state index >= 15 is 0 Å². The first kappa shape index (κ1) is 17.8. The third kappa shape index (κ3) is 4.15. The van der Waals surface area contributed by atoms with Crippen LogP contribution >= 0.6 is 11.6 Å². The predicted octanol–water partition coefficient (Wildman–Crippen LogP) is 5.06. The molecule has 0 radical (unpaired) electrons. The van der Waals surface area contributed by atoms with Gasteiger partial charge in [-0.3, -0.25) is 10.9 Å². The first-order valence-corrected chi connectivity index (χ1v) is 7.76. The van der Waals surface area contributed by atoms with Crippen molar-refractivity contribution in [2.75, 3.05) is 10.7 Å². The molecule has 0 aliphatic rings. The average molecular weight is 381 g/mol. The molecular weight excluding hydrogens is 369 g/mol. The Hall–Kier alpha value is -3.00. The van der Waals surface area contributed by atoms with E-state index in [4.69, 9.17) is 11.6 Å². The Morgan fingerprint density at radius 3 is 2.42 bits per heavy atom. The van der Waals surface area contributed by atoms with Crippen LogP contribution in [0.15, 0.2) is 54.6 Å². The summed E-state index contributed by atoms with van der Waals surface area (Å²) in [5.74, 6) is 0. The molecule has 3 N–H and O–H groups in total. The summed E-state index contributed by atoms with van der Waals surface area (Å²) in [6, 6.07) is 12.9. The van der Waals surface area contributed by atoms with Crippen LogP contribution in [0.3, 0.4) is 0 Å². The van der Waals surface area contributed by atoms with Gasteiger partial charge in [0.05, 0.1) is 11.2 Å². The van der Waals surface area contributed by atoms with Crippen molar-refractivity contribution in [3.05, 3.63) is 65.3 Å². The summed E-state index contributed by atoms with van der Waals surface area (Å²) in [5, 5.41) is 3.47. The summed E-state index contributed by atoms with van der Waals surface area (Å²) in [6.45, 7) is 0. The second-order valence-electron chi connectivity index (χ2n) is 5.28. The van der Waals surface area contributed by atoms with E-state index < -0.39 is 17.9 Å². The number of carbonyl (C=O) groups is 1. The molecule has 9 heteroatoms. The lowest BCUT2D eigenvalue weighted by Gasteiger charge is -2.14. The topological polar surface area (TPSA) is 66.0 Å². The van der Waals surface area contributed by atoms with Crippen LogP contribution in [0.4, 0.5) is 29.3 Å². The number of hydrazine groups is 1. The minimum Gasteiger partial charge on any atom is -0.307 e. The van der Waals surface area contributed by atoms with Crippen molar-refractivity contribution in [2.45, 2.75) is 6.18 Å². The van der Waals surface area contributed by atoms with Crippen LogP contribution in [0, 0.1) is 0 Å². The summed E-state index contributed by atoms with van der Waals surface area (Å²) in [6.07, 6.45) is -4.61. The Morgan fingerprint density at radius 2 is 1.73 bits per heavy atom. The van der Waals surface area contributed by atoms with Gasteiger partial charge >= 0.3 is 12.2 Å². The van der Waals surface area contributed by atoms with Crippen molar-refractivity contribution in [2.24, 2.45) is 0 Å². The second kappa shape index (κ2) is 7.09. The van der Waals surface area contributed by atoms with Crippen LogP contribution < -0.4 is 16.2 Å². The molecular formula is C17H12ClF3N4O. The van der Waals surface area contributed by atoms with Crippen LogP contribution in [0.5, 0.6) is 0 Å². The average Bonchev–Trinajstić information content (AvgIpc) is 2.60. The van der Waals surface area contributed by atoms with Crippen LogP contribution in [0.2, 0.25) is 5.02 Å². The number of fused-ring (bicyclic) bond motifs is 1. The molecule has 1 aromatic heterocycles. The van der Waals surface area contributed by atoms with Crippen molar-refractivity contribution in [3.63, 3.8) is 0 Å². The number of anilines is 2. The molecule has 0 spiro atoms. The van der Waals surface area contributed by atoms with Gasteiger partial charge in [0.15, 0.2) is 0 Å². The van der Waals surface area contributed by atoms with Gasteiger partial charge in [-0.1, -0.05) is 29.8 Å². The van der Waals surface area contributed by atoms with E-state index in [1.54, 1.807) is 42.5 Å². The van der Waals surface area contributed by atoms with Gasteiger partial charge in [-0.2, -0.15) is 13.2 Å². The number of rotatable bonds is 3. The zero-order valence-electron chi connectivity index (χ0n) is 13.1. The molecule has 5 nitrogen and oxygen atoms in total. The van der Waals surface area contributed by atoms with Gasteiger partial charge in [-0.15, -0.1) is 0 Å². The summed E-state index contributed by atoms with van der Waals surface area (Å²) in [5.41, 5.74) is 4.46. The van der Waals surface area contributed by atoms with Gasteiger partial charge < -0.3 is 5.32 Å². The highest BCUT2D eigenvalue weighted by molar-refractivity contribution is 6.30. The third-order valence-corrected chi connectivity index (χ3v) is 3.67. The van der Waals surface area contributed by atoms with Gasteiger partial charge in [-0.25, -0.2) is 9.78 Å². The molecule has 3 rings (SSSR count). The monoisotopic (exact) mass is 380 g/mol. The Bertz CT molecular complexity index is 945. The molecule has 26 heavy (non-hydrogen) atoms. The van der Waals surface area contributed by atoms with Crippen LogP contribution in [0.1, 0.15) is 5.69 Å². The number of halogens is 4. The zero-order valence-corrected chi connectivity index (χ0v) is 13.8. The van der Waals surface area contributed by atoms with Gasteiger partial charge in [-0.05, 0) is 36.4 Å². The molecule has 0 saturated heterocycles. The zero-order chi connectivity index (χ0) is 18.7. The van der Waals surface area contributed by atoms with E-state index in [9.17, 15) is 18.0 Å². The highest BCUT2D eigenvalue weighted by atomic mass is 35.5. The summed E-state index contributed by atoms with van der Waals surface area (Å²) < 4.78 is 39.0. The molecule has 0 aliphatic carbocycles. The Balaban J connectivity index is 1.79. The number of nitrogens with one attached hydrogen (secondary N) is 3. The van der Waals surface area contributed by atoms with E-state index in [0.717, 1.165) is 6.07 Å². The first-order valence-electron chi connectivity index (χ1n) is 7.38. The number of carbonyl (C=O) groups excluding carboxylic acids is 1. The van der Waals surface area contributed by atoms with Crippen molar-refractivity contribution < 1.29 is 18.0 Å².